The smallest absolute Gasteiger partial charge is 0.243 e. The molecule has 152 valence electrons. The summed E-state index contributed by atoms with van der Waals surface area (Å²) in [5, 5.41) is 2.14. The number of carbonyl (C=O) groups is 2. The van der Waals surface area contributed by atoms with Gasteiger partial charge in [0.1, 0.15) is 6.54 Å². The first-order valence-corrected chi connectivity index (χ1v) is 11.7. The van der Waals surface area contributed by atoms with Crippen LogP contribution in [0.5, 0.6) is 0 Å². The molecule has 2 aromatic rings. The third-order valence-electron chi connectivity index (χ3n) is 6.80. The average molecular weight is 409 g/mol. The van der Waals surface area contributed by atoms with Gasteiger partial charge in [-0.15, -0.1) is 11.3 Å². The van der Waals surface area contributed by atoms with E-state index in [9.17, 15) is 9.59 Å². The van der Waals surface area contributed by atoms with Crippen LogP contribution in [0.15, 0.2) is 35.7 Å². The monoisotopic (exact) mass is 408 g/mol. The summed E-state index contributed by atoms with van der Waals surface area (Å²) in [6.45, 7) is 3.08. The Kier molecular flexibility index (Phi) is 4.94. The quantitative estimate of drug-likeness (QED) is 0.739. The zero-order valence-electron chi connectivity index (χ0n) is 17.0. The molecule has 0 N–H and O–H groups in total. The summed E-state index contributed by atoms with van der Waals surface area (Å²) in [4.78, 5) is 31.8. The summed E-state index contributed by atoms with van der Waals surface area (Å²) in [5.74, 6) is 0.461. The minimum Gasteiger partial charge on any atom is -0.330 e. The van der Waals surface area contributed by atoms with Gasteiger partial charge in [-0.3, -0.25) is 9.59 Å². The minimum atomic E-state index is -0.0430. The lowest BCUT2D eigenvalue weighted by molar-refractivity contribution is -0.146. The molecule has 4 nitrogen and oxygen atoms in total. The van der Waals surface area contributed by atoms with Gasteiger partial charge < -0.3 is 9.80 Å². The topological polar surface area (TPSA) is 40.6 Å². The summed E-state index contributed by atoms with van der Waals surface area (Å²) in [7, 11) is 0. The maximum atomic E-state index is 13.5. The number of fused-ring (bicyclic) bond motifs is 1. The predicted octanol–water partition coefficient (Wildman–Crippen LogP) is 4.32. The molecule has 5 rings (SSSR count). The highest BCUT2D eigenvalue weighted by atomic mass is 32.1. The highest BCUT2D eigenvalue weighted by Crippen LogP contribution is 2.40. The Morgan fingerprint density at radius 3 is 2.59 bits per heavy atom. The van der Waals surface area contributed by atoms with E-state index in [1.165, 1.54) is 21.6 Å². The van der Waals surface area contributed by atoms with Gasteiger partial charge in [-0.05, 0) is 67.2 Å². The lowest BCUT2D eigenvalue weighted by atomic mass is 9.84. The van der Waals surface area contributed by atoms with Crippen molar-refractivity contribution in [2.24, 2.45) is 5.92 Å². The van der Waals surface area contributed by atoms with Gasteiger partial charge in [0, 0.05) is 23.4 Å². The molecule has 3 aliphatic rings. The Balaban J connectivity index is 1.43. The van der Waals surface area contributed by atoms with Crippen molar-refractivity contribution >= 4 is 23.2 Å². The van der Waals surface area contributed by atoms with Gasteiger partial charge in [0.2, 0.25) is 11.8 Å². The highest BCUT2D eigenvalue weighted by Gasteiger charge is 2.41. The Bertz CT molecular complexity index is 928. The molecule has 2 heterocycles. The van der Waals surface area contributed by atoms with Crippen molar-refractivity contribution in [2.45, 2.75) is 57.5 Å². The van der Waals surface area contributed by atoms with Crippen LogP contribution in [-0.4, -0.2) is 40.7 Å². The molecule has 5 heteroatoms. The summed E-state index contributed by atoms with van der Waals surface area (Å²) in [6, 6.07) is 10.8. The molecule has 29 heavy (non-hydrogen) atoms. The fraction of sp³-hybridized carbons (Fsp3) is 0.500. The number of carbonyl (C=O) groups excluding carboxylic acids is 2. The Hall–Kier alpha value is -2.14. The van der Waals surface area contributed by atoms with E-state index in [1.54, 1.807) is 11.3 Å². The number of nitrogens with zero attached hydrogens (tertiary/aromatic N) is 2. The molecule has 2 saturated carbocycles. The second-order valence-corrected chi connectivity index (χ2v) is 9.72. The molecule has 1 aromatic carbocycles. The van der Waals surface area contributed by atoms with Gasteiger partial charge in [0.25, 0.3) is 0 Å². The standard InChI is InChI=1S/C24H28N2O2S/c1-16-5-2-3-8-19(16)23-20-12-14-29-21(20)11-13-25(23)22(27)15-26(18-9-10-18)24(28)17-6-4-7-17/h2-3,5,8,12,14,17-18,23H,4,6-7,9-11,13,15H2,1H3/t23-/m1/s1. The lowest BCUT2D eigenvalue weighted by Crippen LogP contribution is -2.49. The van der Waals surface area contributed by atoms with Gasteiger partial charge in [-0.2, -0.15) is 0 Å². The molecule has 0 bridgehead atoms. The molecule has 2 amide bonds. The van der Waals surface area contributed by atoms with Crippen LogP contribution >= 0.6 is 11.3 Å². The molecule has 2 aliphatic carbocycles. The van der Waals surface area contributed by atoms with Crippen LogP contribution < -0.4 is 0 Å². The molecule has 0 radical (unpaired) electrons. The van der Waals surface area contributed by atoms with Crippen molar-refractivity contribution in [2.75, 3.05) is 13.1 Å². The molecular weight excluding hydrogens is 380 g/mol. The maximum Gasteiger partial charge on any atom is 0.243 e. The average Bonchev–Trinajstić information content (AvgIpc) is 3.40. The Labute approximate surface area is 176 Å². The van der Waals surface area contributed by atoms with Crippen LogP contribution in [0.1, 0.15) is 59.7 Å². The number of rotatable bonds is 5. The first kappa shape index (κ1) is 18.9. The van der Waals surface area contributed by atoms with Crippen molar-refractivity contribution in [3.63, 3.8) is 0 Å². The maximum absolute atomic E-state index is 13.5. The first-order chi connectivity index (χ1) is 14.1. The van der Waals surface area contributed by atoms with Crippen molar-refractivity contribution < 1.29 is 9.59 Å². The largest absolute Gasteiger partial charge is 0.330 e. The molecule has 1 aromatic heterocycles. The summed E-state index contributed by atoms with van der Waals surface area (Å²) in [5.41, 5.74) is 3.66. The van der Waals surface area contributed by atoms with E-state index in [0.717, 1.165) is 45.1 Å². The van der Waals surface area contributed by atoms with Gasteiger partial charge in [0.15, 0.2) is 0 Å². The van der Waals surface area contributed by atoms with Crippen LogP contribution in [0.3, 0.4) is 0 Å². The number of benzene rings is 1. The number of hydrogen-bond donors (Lipinski definition) is 0. The van der Waals surface area contributed by atoms with E-state index >= 15 is 0 Å². The second-order valence-electron chi connectivity index (χ2n) is 8.72. The third-order valence-corrected chi connectivity index (χ3v) is 7.80. The van der Waals surface area contributed by atoms with Gasteiger partial charge in [-0.25, -0.2) is 0 Å². The number of amides is 2. The fourth-order valence-corrected chi connectivity index (χ4v) is 5.62. The molecule has 1 aliphatic heterocycles. The summed E-state index contributed by atoms with van der Waals surface area (Å²) < 4.78 is 0. The molecule has 0 saturated heterocycles. The van der Waals surface area contributed by atoms with E-state index in [0.29, 0.717) is 0 Å². The van der Waals surface area contributed by atoms with Gasteiger partial charge in [0.05, 0.1) is 6.04 Å². The van der Waals surface area contributed by atoms with E-state index in [2.05, 4.69) is 42.6 Å². The fourth-order valence-electron chi connectivity index (χ4n) is 4.71. The second kappa shape index (κ2) is 7.60. The van der Waals surface area contributed by atoms with Gasteiger partial charge >= 0.3 is 0 Å². The van der Waals surface area contributed by atoms with E-state index in [-0.39, 0.29) is 36.4 Å². The lowest BCUT2D eigenvalue weighted by Gasteiger charge is -2.39. The molecule has 1 atom stereocenters. The number of hydrogen-bond acceptors (Lipinski definition) is 3. The summed E-state index contributed by atoms with van der Waals surface area (Å²) >= 11 is 1.79. The SMILES string of the molecule is Cc1ccccc1[C@@H]1c2ccsc2CCN1C(=O)CN(C(=O)C1CCC1)C1CC1. The van der Waals surface area contributed by atoms with Gasteiger partial charge in [-0.1, -0.05) is 30.7 Å². The molecule has 0 unspecified atom stereocenters. The van der Waals surface area contributed by atoms with Crippen molar-refractivity contribution in [1.29, 1.82) is 0 Å². The molecule has 0 spiro atoms. The van der Waals surface area contributed by atoms with Crippen molar-refractivity contribution in [1.82, 2.24) is 9.80 Å². The summed E-state index contributed by atoms with van der Waals surface area (Å²) in [6.07, 6.45) is 6.11. The number of thiophene rings is 1. The first-order valence-electron chi connectivity index (χ1n) is 10.8. The minimum absolute atomic E-state index is 0.0430. The molecule has 2 fully saturated rings. The highest BCUT2D eigenvalue weighted by molar-refractivity contribution is 7.10. The van der Waals surface area contributed by atoms with E-state index < -0.39 is 0 Å². The predicted molar refractivity (Wildman–Crippen MR) is 115 cm³/mol. The van der Waals surface area contributed by atoms with Crippen LogP contribution in [-0.2, 0) is 16.0 Å². The third kappa shape index (κ3) is 3.50. The van der Waals surface area contributed by atoms with Crippen LogP contribution in [0.25, 0.3) is 0 Å². The number of aryl methyl sites for hydroxylation is 1. The van der Waals surface area contributed by atoms with E-state index in [1.807, 2.05) is 9.80 Å². The van der Waals surface area contributed by atoms with Crippen LogP contribution in [0, 0.1) is 12.8 Å². The van der Waals surface area contributed by atoms with Crippen molar-refractivity contribution in [3.8, 4) is 0 Å². The van der Waals surface area contributed by atoms with Crippen molar-refractivity contribution in [3.05, 3.63) is 57.3 Å². The van der Waals surface area contributed by atoms with Crippen LogP contribution in [0.2, 0.25) is 0 Å². The zero-order chi connectivity index (χ0) is 20.0. The van der Waals surface area contributed by atoms with E-state index in [4.69, 9.17) is 0 Å². The normalized spacial score (nSPS) is 21.4. The zero-order valence-corrected chi connectivity index (χ0v) is 17.8. The Morgan fingerprint density at radius 1 is 1.10 bits per heavy atom. The molecular formula is C24H28N2O2S. The van der Waals surface area contributed by atoms with Crippen LogP contribution in [0.4, 0.5) is 0 Å². The Morgan fingerprint density at radius 2 is 1.90 bits per heavy atom.